The summed E-state index contributed by atoms with van der Waals surface area (Å²) in [7, 11) is 0. The van der Waals surface area contributed by atoms with Gasteiger partial charge in [-0.05, 0) is 30.5 Å². The van der Waals surface area contributed by atoms with Gasteiger partial charge < -0.3 is 5.32 Å². The van der Waals surface area contributed by atoms with Crippen LogP contribution in [0.25, 0.3) is 6.08 Å². The Kier molecular flexibility index (Phi) is 2.49. The van der Waals surface area contributed by atoms with Gasteiger partial charge in [0, 0.05) is 11.4 Å². The van der Waals surface area contributed by atoms with Crippen LogP contribution in [0.4, 0.5) is 0 Å². The Hall–Kier alpha value is -0.310. The smallest absolute Gasteiger partial charge is 0.0586 e. The molecular formula is C9H10ClNS. The molecule has 1 aliphatic rings. The molecule has 0 aliphatic carbocycles. The molecule has 1 nitrogen and oxygen atoms in total. The average Bonchev–Trinajstić information content (AvgIpc) is 2.65. The first-order valence-corrected chi connectivity index (χ1v) is 5.25. The Morgan fingerprint density at radius 1 is 1.58 bits per heavy atom. The molecule has 1 aliphatic heterocycles. The molecule has 64 valence electrons. The Bertz CT molecular complexity index is 295. The van der Waals surface area contributed by atoms with Crippen LogP contribution in [0, 0.1) is 0 Å². The van der Waals surface area contributed by atoms with E-state index in [1.165, 1.54) is 10.5 Å². The van der Waals surface area contributed by atoms with Crippen molar-refractivity contribution in [3.05, 3.63) is 26.9 Å². The molecule has 12 heavy (non-hydrogen) atoms. The number of rotatable bonds is 1. The zero-order valence-corrected chi connectivity index (χ0v) is 8.21. The van der Waals surface area contributed by atoms with Crippen LogP contribution in [0.3, 0.4) is 0 Å². The van der Waals surface area contributed by atoms with Crippen molar-refractivity contribution in [2.75, 3.05) is 13.1 Å². The van der Waals surface area contributed by atoms with E-state index in [0.29, 0.717) is 0 Å². The molecule has 0 bridgehead atoms. The molecule has 0 atom stereocenters. The monoisotopic (exact) mass is 199 g/mol. The second kappa shape index (κ2) is 3.60. The molecule has 0 saturated carbocycles. The Morgan fingerprint density at radius 3 is 3.08 bits per heavy atom. The summed E-state index contributed by atoms with van der Waals surface area (Å²) < 4.78 is 0. The van der Waals surface area contributed by atoms with E-state index in [1.807, 2.05) is 11.4 Å². The summed E-state index contributed by atoms with van der Waals surface area (Å²) in [4.78, 5) is 1.19. The number of thiophene rings is 1. The average molecular weight is 200 g/mol. The molecule has 0 spiro atoms. The summed E-state index contributed by atoms with van der Waals surface area (Å²) in [6.45, 7) is 2.13. The van der Waals surface area contributed by atoms with Crippen LogP contribution >= 0.6 is 22.9 Å². The lowest BCUT2D eigenvalue weighted by atomic mass is 10.2. The fourth-order valence-corrected chi connectivity index (χ4v) is 2.40. The molecule has 0 aromatic carbocycles. The zero-order valence-electron chi connectivity index (χ0n) is 6.64. The van der Waals surface area contributed by atoms with Crippen LogP contribution in [0.1, 0.15) is 11.3 Å². The summed E-state index contributed by atoms with van der Waals surface area (Å²) in [6, 6.07) is 1.95. The van der Waals surface area contributed by atoms with Gasteiger partial charge in [-0.1, -0.05) is 17.2 Å². The molecule has 2 heterocycles. The number of nitrogens with one attached hydrogen (secondary N) is 1. The maximum Gasteiger partial charge on any atom is 0.0586 e. The zero-order chi connectivity index (χ0) is 8.39. The minimum absolute atomic E-state index is 0.874. The Balaban J connectivity index is 2.21. The lowest BCUT2D eigenvalue weighted by molar-refractivity contribution is 0.862. The van der Waals surface area contributed by atoms with Crippen molar-refractivity contribution < 1.29 is 0 Å². The molecule has 1 aromatic heterocycles. The minimum atomic E-state index is 0.874. The SMILES string of the molecule is Clc1ccsc1/C=C1/CCNC1. The third-order valence-electron chi connectivity index (χ3n) is 1.95. The van der Waals surface area contributed by atoms with E-state index in [2.05, 4.69) is 11.4 Å². The molecule has 2 rings (SSSR count). The lowest BCUT2D eigenvalue weighted by Gasteiger charge is -1.92. The summed E-state index contributed by atoms with van der Waals surface area (Å²) in [5, 5.41) is 6.20. The van der Waals surface area contributed by atoms with E-state index in [9.17, 15) is 0 Å². The standard InChI is InChI=1S/C9H10ClNS/c10-8-2-4-12-9(8)5-7-1-3-11-6-7/h2,4-5,11H,1,3,6H2/b7-5-. The van der Waals surface area contributed by atoms with Crippen LogP contribution in [-0.4, -0.2) is 13.1 Å². The van der Waals surface area contributed by atoms with Crippen molar-refractivity contribution in [3.8, 4) is 0 Å². The van der Waals surface area contributed by atoms with Gasteiger partial charge in [-0.3, -0.25) is 0 Å². The van der Waals surface area contributed by atoms with Crippen LogP contribution < -0.4 is 5.32 Å². The lowest BCUT2D eigenvalue weighted by Crippen LogP contribution is -2.04. The van der Waals surface area contributed by atoms with Gasteiger partial charge in [-0.25, -0.2) is 0 Å². The van der Waals surface area contributed by atoms with E-state index < -0.39 is 0 Å². The third-order valence-corrected chi connectivity index (χ3v) is 3.26. The van der Waals surface area contributed by atoms with Crippen molar-refractivity contribution in [1.82, 2.24) is 5.32 Å². The predicted octanol–water partition coefficient (Wildman–Crippen LogP) is 2.78. The predicted molar refractivity (Wildman–Crippen MR) is 54.8 cm³/mol. The third kappa shape index (κ3) is 1.71. The van der Waals surface area contributed by atoms with Crippen molar-refractivity contribution >= 4 is 29.0 Å². The minimum Gasteiger partial charge on any atom is -0.313 e. The molecule has 0 amide bonds. The fraction of sp³-hybridized carbons (Fsp3) is 0.333. The van der Waals surface area contributed by atoms with Gasteiger partial charge in [-0.15, -0.1) is 11.3 Å². The summed E-state index contributed by atoms with van der Waals surface area (Å²) in [5.41, 5.74) is 1.46. The van der Waals surface area contributed by atoms with Crippen molar-refractivity contribution in [3.63, 3.8) is 0 Å². The van der Waals surface area contributed by atoms with E-state index in [1.54, 1.807) is 11.3 Å². The van der Waals surface area contributed by atoms with Crippen molar-refractivity contribution in [1.29, 1.82) is 0 Å². The first kappa shape index (κ1) is 8.30. The summed E-state index contributed by atoms with van der Waals surface area (Å²) in [5.74, 6) is 0. The number of hydrogen-bond acceptors (Lipinski definition) is 2. The number of hydrogen-bond donors (Lipinski definition) is 1. The van der Waals surface area contributed by atoms with Gasteiger partial charge in [0.2, 0.25) is 0 Å². The summed E-state index contributed by atoms with van der Waals surface area (Å²) >= 11 is 7.66. The van der Waals surface area contributed by atoms with Gasteiger partial charge in [0.1, 0.15) is 0 Å². The molecule has 0 radical (unpaired) electrons. The van der Waals surface area contributed by atoms with Crippen molar-refractivity contribution in [2.45, 2.75) is 6.42 Å². The second-order valence-electron chi connectivity index (χ2n) is 2.86. The fourth-order valence-electron chi connectivity index (χ4n) is 1.30. The first-order valence-electron chi connectivity index (χ1n) is 3.99. The maximum atomic E-state index is 5.96. The Labute approximate surface area is 81.1 Å². The second-order valence-corrected chi connectivity index (χ2v) is 4.22. The molecule has 1 aromatic rings. The van der Waals surface area contributed by atoms with Crippen LogP contribution in [0.5, 0.6) is 0 Å². The molecule has 3 heteroatoms. The van der Waals surface area contributed by atoms with Gasteiger partial charge in [-0.2, -0.15) is 0 Å². The highest BCUT2D eigenvalue weighted by molar-refractivity contribution is 7.11. The highest BCUT2D eigenvalue weighted by Crippen LogP contribution is 2.25. The van der Waals surface area contributed by atoms with Crippen LogP contribution in [0.15, 0.2) is 17.0 Å². The molecule has 1 fully saturated rings. The normalized spacial score (nSPS) is 20.6. The van der Waals surface area contributed by atoms with Gasteiger partial charge in [0.25, 0.3) is 0 Å². The highest BCUT2D eigenvalue weighted by atomic mass is 35.5. The van der Waals surface area contributed by atoms with E-state index in [4.69, 9.17) is 11.6 Å². The quantitative estimate of drug-likeness (QED) is 0.734. The molecule has 1 N–H and O–H groups in total. The van der Waals surface area contributed by atoms with Crippen molar-refractivity contribution in [2.24, 2.45) is 0 Å². The van der Waals surface area contributed by atoms with Gasteiger partial charge in [0.05, 0.1) is 5.02 Å². The first-order chi connectivity index (χ1) is 5.86. The molecule has 1 saturated heterocycles. The van der Waals surface area contributed by atoms with Crippen LogP contribution in [-0.2, 0) is 0 Å². The number of halogens is 1. The van der Waals surface area contributed by atoms with Gasteiger partial charge >= 0.3 is 0 Å². The Morgan fingerprint density at radius 2 is 2.50 bits per heavy atom. The topological polar surface area (TPSA) is 12.0 Å². The summed E-state index contributed by atoms with van der Waals surface area (Å²) in [6.07, 6.45) is 3.36. The van der Waals surface area contributed by atoms with E-state index in [0.717, 1.165) is 24.5 Å². The highest BCUT2D eigenvalue weighted by Gasteiger charge is 2.06. The van der Waals surface area contributed by atoms with E-state index in [-0.39, 0.29) is 0 Å². The van der Waals surface area contributed by atoms with E-state index >= 15 is 0 Å². The van der Waals surface area contributed by atoms with Gasteiger partial charge in [0.15, 0.2) is 0 Å². The van der Waals surface area contributed by atoms with Crippen LogP contribution in [0.2, 0.25) is 5.02 Å². The molecule has 0 unspecified atom stereocenters. The largest absolute Gasteiger partial charge is 0.313 e. The maximum absolute atomic E-state index is 5.96. The molecular weight excluding hydrogens is 190 g/mol.